The lowest BCUT2D eigenvalue weighted by Gasteiger charge is -2.45. The Hall–Kier alpha value is -2.34. The minimum absolute atomic E-state index is 0.00851. The van der Waals surface area contributed by atoms with Crippen LogP contribution in [0.4, 0.5) is 5.69 Å². The highest BCUT2D eigenvalue weighted by Crippen LogP contribution is 2.53. The molecule has 0 radical (unpaired) electrons. The molecule has 0 bridgehead atoms. The number of hydrogen-bond acceptors (Lipinski definition) is 5. The average molecular weight is 384 g/mol. The van der Waals surface area contributed by atoms with Gasteiger partial charge in [-0.05, 0) is 42.9 Å². The molecule has 1 aromatic rings. The predicted octanol–water partition coefficient (Wildman–Crippen LogP) is 2.70. The van der Waals surface area contributed by atoms with Crippen LogP contribution in [-0.2, 0) is 24.5 Å². The van der Waals surface area contributed by atoms with Crippen molar-refractivity contribution in [1.82, 2.24) is 4.90 Å². The Labute approximate surface area is 165 Å². The van der Waals surface area contributed by atoms with Gasteiger partial charge < -0.3 is 14.8 Å². The predicted molar refractivity (Wildman–Crippen MR) is 106 cm³/mol. The van der Waals surface area contributed by atoms with Gasteiger partial charge in [0.25, 0.3) is 0 Å². The van der Waals surface area contributed by atoms with Crippen molar-refractivity contribution >= 4 is 17.6 Å². The number of nitrogens with zero attached hydrogens (tertiary/aromatic N) is 1. The van der Waals surface area contributed by atoms with Crippen molar-refractivity contribution in [1.29, 1.82) is 0 Å². The molecule has 0 saturated carbocycles. The standard InChI is InChI=1S/C22H28N2O4/c1-4-14-12-24-10-9-22(17-7-5-6-8-18(17)23-21(22)26)19(24)11-15(14)16(13-27-2)20(25)28-3/h5-8,13-15,19H,4,9-12H2,1-3H3,(H,23,26)/b16-13+/t14-,15+,19+,22-/m0/s1. The summed E-state index contributed by atoms with van der Waals surface area (Å²) in [6.07, 6.45) is 4.04. The number of fused-ring (bicyclic) bond motifs is 4. The Balaban J connectivity index is 1.74. The molecule has 28 heavy (non-hydrogen) atoms. The number of carbonyl (C=O) groups excluding carboxylic acids is 2. The van der Waals surface area contributed by atoms with Gasteiger partial charge in [-0.2, -0.15) is 0 Å². The number of methoxy groups -OCH3 is 2. The summed E-state index contributed by atoms with van der Waals surface area (Å²) in [4.78, 5) is 28.1. The number of ether oxygens (including phenoxy) is 2. The quantitative estimate of drug-likeness (QED) is 0.491. The lowest BCUT2D eigenvalue weighted by atomic mass is 9.67. The van der Waals surface area contributed by atoms with Crippen LogP contribution in [0.5, 0.6) is 0 Å². The summed E-state index contributed by atoms with van der Waals surface area (Å²) in [7, 11) is 2.95. The maximum Gasteiger partial charge on any atom is 0.337 e. The van der Waals surface area contributed by atoms with Crippen molar-refractivity contribution in [3.8, 4) is 0 Å². The number of nitrogens with one attached hydrogen (secondary N) is 1. The fourth-order valence-corrected chi connectivity index (χ4v) is 5.63. The summed E-state index contributed by atoms with van der Waals surface area (Å²) >= 11 is 0. The molecule has 3 aliphatic heterocycles. The summed E-state index contributed by atoms with van der Waals surface area (Å²) in [5.41, 5.74) is 2.05. The first-order valence-corrected chi connectivity index (χ1v) is 10.0. The smallest absolute Gasteiger partial charge is 0.337 e. The van der Waals surface area contributed by atoms with Crippen LogP contribution >= 0.6 is 0 Å². The summed E-state index contributed by atoms with van der Waals surface area (Å²) in [6.45, 7) is 3.93. The number of piperidine rings is 1. The zero-order valence-corrected chi connectivity index (χ0v) is 16.7. The molecule has 3 heterocycles. The second kappa shape index (κ2) is 7.24. The average Bonchev–Trinajstić information content (AvgIpc) is 3.23. The lowest BCUT2D eigenvalue weighted by molar-refractivity contribution is -0.137. The number of benzene rings is 1. The van der Waals surface area contributed by atoms with E-state index in [0.717, 1.165) is 43.6 Å². The Morgan fingerprint density at radius 1 is 1.36 bits per heavy atom. The minimum atomic E-state index is -0.540. The highest BCUT2D eigenvalue weighted by molar-refractivity contribution is 6.07. The molecule has 1 spiro atoms. The van der Waals surface area contributed by atoms with Crippen LogP contribution in [0.15, 0.2) is 36.1 Å². The maximum absolute atomic E-state index is 13.2. The van der Waals surface area contributed by atoms with E-state index in [1.165, 1.54) is 13.4 Å². The van der Waals surface area contributed by atoms with Crippen molar-refractivity contribution in [2.45, 2.75) is 37.6 Å². The molecule has 1 amide bonds. The van der Waals surface area contributed by atoms with Gasteiger partial charge in [-0.3, -0.25) is 9.69 Å². The summed E-state index contributed by atoms with van der Waals surface area (Å²) < 4.78 is 10.3. The third kappa shape index (κ3) is 2.65. The number of hydrogen-bond donors (Lipinski definition) is 1. The lowest BCUT2D eigenvalue weighted by Crippen LogP contribution is -2.53. The number of para-hydroxylation sites is 1. The van der Waals surface area contributed by atoms with Crippen LogP contribution in [0.2, 0.25) is 0 Å². The van der Waals surface area contributed by atoms with Gasteiger partial charge in [0, 0.05) is 18.3 Å². The molecule has 150 valence electrons. The number of esters is 1. The molecule has 4 atom stereocenters. The third-order valence-corrected chi connectivity index (χ3v) is 6.97. The van der Waals surface area contributed by atoms with Gasteiger partial charge >= 0.3 is 5.97 Å². The SMILES string of the molecule is CC[C@H]1CN2CC[C@@]3(C(=O)Nc4ccccc43)[C@H]2C[C@H]1/C(=C\OC)C(=O)OC. The Morgan fingerprint density at radius 2 is 2.14 bits per heavy atom. The van der Waals surface area contributed by atoms with E-state index >= 15 is 0 Å². The van der Waals surface area contributed by atoms with E-state index in [-0.39, 0.29) is 23.8 Å². The Bertz CT molecular complexity index is 821. The van der Waals surface area contributed by atoms with Gasteiger partial charge in [0.1, 0.15) is 0 Å². The normalized spacial score (nSPS) is 32.0. The van der Waals surface area contributed by atoms with E-state index < -0.39 is 5.41 Å². The largest absolute Gasteiger partial charge is 0.504 e. The topological polar surface area (TPSA) is 67.9 Å². The van der Waals surface area contributed by atoms with E-state index in [1.807, 2.05) is 18.2 Å². The molecule has 0 aliphatic carbocycles. The van der Waals surface area contributed by atoms with Crippen LogP contribution in [0, 0.1) is 11.8 Å². The molecule has 2 saturated heterocycles. The van der Waals surface area contributed by atoms with E-state index in [2.05, 4.69) is 23.2 Å². The molecule has 6 nitrogen and oxygen atoms in total. The van der Waals surface area contributed by atoms with Crippen molar-refractivity contribution in [3.05, 3.63) is 41.7 Å². The van der Waals surface area contributed by atoms with E-state index in [9.17, 15) is 9.59 Å². The van der Waals surface area contributed by atoms with Crippen LogP contribution in [0.3, 0.4) is 0 Å². The second-order valence-corrected chi connectivity index (χ2v) is 8.04. The molecule has 3 aliphatic rings. The second-order valence-electron chi connectivity index (χ2n) is 8.04. The van der Waals surface area contributed by atoms with Crippen LogP contribution in [0.1, 0.15) is 31.7 Å². The van der Waals surface area contributed by atoms with E-state index in [1.54, 1.807) is 7.11 Å². The molecule has 1 aromatic carbocycles. The van der Waals surface area contributed by atoms with E-state index in [0.29, 0.717) is 11.5 Å². The van der Waals surface area contributed by atoms with Crippen LogP contribution in [0.25, 0.3) is 0 Å². The number of rotatable bonds is 4. The van der Waals surface area contributed by atoms with E-state index in [4.69, 9.17) is 9.47 Å². The molecule has 6 heteroatoms. The number of anilines is 1. The summed E-state index contributed by atoms with van der Waals surface area (Å²) in [5, 5.41) is 3.10. The highest BCUT2D eigenvalue weighted by atomic mass is 16.5. The van der Waals surface area contributed by atoms with Crippen LogP contribution in [-0.4, -0.2) is 50.1 Å². The first kappa shape index (κ1) is 19.0. The summed E-state index contributed by atoms with van der Waals surface area (Å²) in [5.74, 6) is 0.0769. The number of amides is 1. The summed E-state index contributed by atoms with van der Waals surface area (Å²) in [6, 6.07) is 8.07. The van der Waals surface area contributed by atoms with Gasteiger partial charge in [-0.1, -0.05) is 31.5 Å². The number of carbonyl (C=O) groups is 2. The third-order valence-electron chi connectivity index (χ3n) is 6.97. The molecular weight excluding hydrogens is 356 g/mol. The maximum atomic E-state index is 13.2. The minimum Gasteiger partial charge on any atom is -0.504 e. The van der Waals surface area contributed by atoms with Gasteiger partial charge in [0.15, 0.2) is 0 Å². The van der Waals surface area contributed by atoms with Crippen molar-refractivity contribution in [2.24, 2.45) is 11.8 Å². The van der Waals surface area contributed by atoms with Crippen molar-refractivity contribution in [3.63, 3.8) is 0 Å². The first-order chi connectivity index (χ1) is 13.6. The zero-order chi connectivity index (χ0) is 19.9. The van der Waals surface area contributed by atoms with Gasteiger partial charge in [0.05, 0.1) is 31.5 Å². The molecule has 2 fully saturated rings. The molecule has 0 aromatic heterocycles. The first-order valence-electron chi connectivity index (χ1n) is 10.0. The zero-order valence-electron chi connectivity index (χ0n) is 16.7. The van der Waals surface area contributed by atoms with Gasteiger partial charge in [0.2, 0.25) is 5.91 Å². The highest BCUT2D eigenvalue weighted by Gasteiger charge is 2.60. The van der Waals surface area contributed by atoms with Gasteiger partial charge in [-0.25, -0.2) is 4.79 Å². The van der Waals surface area contributed by atoms with Crippen molar-refractivity contribution < 1.29 is 19.1 Å². The van der Waals surface area contributed by atoms with Gasteiger partial charge in [-0.15, -0.1) is 0 Å². The monoisotopic (exact) mass is 384 g/mol. The molecule has 4 rings (SSSR count). The molecular formula is C22H28N2O4. The van der Waals surface area contributed by atoms with Crippen molar-refractivity contribution in [2.75, 3.05) is 32.6 Å². The Morgan fingerprint density at radius 3 is 2.86 bits per heavy atom. The van der Waals surface area contributed by atoms with Crippen LogP contribution < -0.4 is 5.32 Å². The Kier molecular flexibility index (Phi) is 4.91. The fraction of sp³-hybridized carbons (Fsp3) is 0.545. The molecule has 0 unspecified atom stereocenters. The molecule has 1 N–H and O–H groups in total. The fourth-order valence-electron chi connectivity index (χ4n) is 5.63.